The fraction of sp³-hybridized carbons (Fsp3) is 0.167. The molecule has 106 valence electrons. The SMILES string of the molecule is CC(Oc1ncc(F)c(N)n1)c1ccc(Cl)c(Cl)c1Cl. The number of aromatic nitrogens is 2. The highest BCUT2D eigenvalue weighted by molar-refractivity contribution is 6.48. The lowest BCUT2D eigenvalue weighted by atomic mass is 10.1. The van der Waals surface area contributed by atoms with E-state index >= 15 is 0 Å². The molecule has 1 unspecified atom stereocenters. The topological polar surface area (TPSA) is 61.0 Å². The molecule has 4 nitrogen and oxygen atoms in total. The van der Waals surface area contributed by atoms with Crippen LogP contribution in [0.25, 0.3) is 0 Å². The number of anilines is 1. The second-order valence-electron chi connectivity index (χ2n) is 3.91. The van der Waals surface area contributed by atoms with Crippen LogP contribution in [0.5, 0.6) is 6.01 Å². The molecule has 0 aliphatic carbocycles. The number of hydrogen-bond donors (Lipinski definition) is 1. The van der Waals surface area contributed by atoms with Gasteiger partial charge in [-0.25, -0.2) is 9.37 Å². The molecule has 0 saturated heterocycles. The summed E-state index contributed by atoms with van der Waals surface area (Å²) >= 11 is 17.9. The molecule has 1 aromatic heterocycles. The largest absolute Gasteiger partial charge is 0.455 e. The van der Waals surface area contributed by atoms with Crippen LogP contribution in [0.1, 0.15) is 18.6 Å². The van der Waals surface area contributed by atoms with Crippen LogP contribution < -0.4 is 10.5 Å². The van der Waals surface area contributed by atoms with Crippen LogP contribution in [-0.4, -0.2) is 9.97 Å². The number of nitrogen functional groups attached to an aromatic ring is 1. The van der Waals surface area contributed by atoms with Crippen molar-refractivity contribution >= 4 is 40.6 Å². The minimum Gasteiger partial charge on any atom is -0.455 e. The molecule has 0 bridgehead atoms. The first kappa shape index (κ1) is 15.1. The van der Waals surface area contributed by atoms with Gasteiger partial charge in [0.2, 0.25) is 0 Å². The fourth-order valence-electron chi connectivity index (χ4n) is 1.50. The van der Waals surface area contributed by atoms with Gasteiger partial charge in [-0.05, 0) is 13.0 Å². The van der Waals surface area contributed by atoms with Crippen LogP contribution in [-0.2, 0) is 0 Å². The van der Waals surface area contributed by atoms with Crippen molar-refractivity contribution in [3.8, 4) is 6.01 Å². The number of benzene rings is 1. The van der Waals surface area contributed by atoms with Crippen LogP contribution in [0.15, 0.2) is 18.3 Å². The van der Waals surface area contributed by atoms with Gasteiger partial charge in [-0.3, -0.25) is 0 Å². The number of hydrogen-bond acceptors (Lipinski definition) is 4. The molecule has 0 fully saturated rings. The Hall–Kier alpha value is -1.30. The van der Waals surface area contributed by atoms with Gasteiger partial charge in [0, 0.05) is 5.56 Å². The third kappa shape index (κ3) is 3.06. The van der Waals surface area contributed by atoms with Crippen molar-refractivity contribution in [3.63, 3.8) is 0 Å². The summed E-state index contributed by atoms with van der Waals surface area (Å²) in [5, 5.41) is 0.859. The molecule has 1 aromatic carbocycles. The zero-order valence-corrected chi connectivity index (χ0v) is 12.5. The van der Waals surface area contributed by atoms with Gasteiger partial charge in [0.15, 0.2) is 11.6 Å². The van der Waals surface area contributed by atoms with Gasteiger partial charge >= 0.3 is 6.01 Å². The maximum absolute atomic E-state index is 13.0. The Balaban J connectivity index is 2.26. The average Bonchev–Trinajstić information content (AvgIpc) is 2.40. The summed E-state index contributed by atoms with van der Waals surface area (Å²) in [6.07, 6.45) is 0.419. The van der Waals surface area contributed by atoms with Crippen molar-refractivity contribution < 1.29 is 9.13 Å². The molecule has 1 heterocycles. The summed E-state index contributed by atoms with van der Waals surface area (Å²) in [6, 6.07) is 3.22. The number of halogens is 4. The Kier molecular flexibility index (Phi) is 4.52. The molecule has 0 aliphatic rings. The maximum Gasteiger partial charge on any atom is 0.319 e. The standard InChI is InChI=1S/C12H9Cl3FN3O/c1-5(6-2-3-7(13)10(15)9(6)14)20-12-18-4-8(16)11(17)19-12/h2-5H,1H3,(H2,17,18,19). The number of rotatable bonds is 3. The summed E-state index contributed by atoms with van der Waals surface area (Å²) in [4.78, 5) is 7.36. The van der Waals surface area contributed by atoms with Crippen LogP contribution in [0.3, 0.4) is 0 Å². The Labute approximate surface area is 129 Å². The van der Waals surface area contributed by atoms with E-state index < -0.39 is 11.9 Å². The quantitative estimate of drug-likeness (QED) is 0.849. The van der Waals surface area contributed by atoms with E-state index in [1.165, 1.54) is 0 Å². The lowest BCUT2D eigenvalue weighted by Crippen LogP contribution is -2.08. The zero-order chi connectivity index (χ0) is 14.9. The lowest BCUT2D eigenvalue weighted by Gasteiger charge is -2.16. The summed E-state index contributed by atoms with van der Waals surface area (Å²) in [7, 11) is 0. The molecule has 2 N–H and O–H groups in total. The second-order valence-corrected chi connectivity index (χ2v) is 5.07. The van der Waals surface area contributed by atoms with E-state index in [0.29, 0.717) is 10.6 Å². The molecule has 8 heteroatoms. The molecule has 0 amide bonds. The normalized spacial score (nSPS) is 12.2. The van der Waals surface area contributed by atoms with E-state index in [2.05, 4.69) is 9.97 Å². The second kappa shape index (κ2) is 5.99. The van der Waals surface area contributed by atoms with Crippen LogP contribution in [0.4, 0.5) is 10.2 Å². The van der Waals surface area contributed by atoms with Crippen molar-refractivity contribution in [3.05, 3.63) is 44.8 Å². The van der Waals surface area contributed by atoms with Crippen molar-refractivity contribution in [2.24, 2.45) is 0 Å². The minimum absolute atomic E-state index is 0.0569. The summed E-state index contributed by atoms with van der Waals surface area (Å²) in [5.41, 5.74) is 5.94. The zero-order valence-electron chi connectivity index (χ0n) is 10.2. The first-order valence-electron chi connectivity index (χ1n) is 5.48. The first-order valence-corrected chi connectivity index (χ1v) is 6.61. The van der Waals surface area contributed by atoms with E-state index in [1.807, 2.05) is 0 Å². The predicted molar refractivity (Wildman–Crippen MR) is 76.9 cm³/mol. The molecule has 0 aliphatic heterocycles. The van der Waals surface area contributed by atoms with Crippen LogP contribution in [0, 0.1) is 5.82 Å². The van der Waals surface area contributed by atoms with Gasteiger partial charge in [0.25, 0.3) is 0 Å². The van der Waals surface area contributed by atoms with Gasteiger partial charge in [0.1, 0.15) is 6.10 Å². The number of nitrogens with zero attached hydrogens (tertiary/aromatic N) is 2. The monoisotopic (exact) mass is 335 g/mol. The van der Waals surface area contributed by atoms with Gasteiger partial charge in [0.05, 0.1) is 21.3 Å². The highest BCUT2D eigenvalue weighted by Crippen LogP contribution is 2.36. The Morgan fingerprint density at radius 2 is 1.95 bits per heavy atom. The van der Waals surface area contributed by atoms with Gasteiger partial charge in [-0.1, -0.05) is 40.9 Å². The predicted octanol–water partition coefficient (Wildman–Crippen LogP) is 4.30. The Morgan fingerprint density at radius 1 is 1.25 bits per heavy atom. The molecule has 2 aromatic rings. The lowest BCUT2D eigenvalue weighted by molar-refractivity contribution is 0.207. The molecule has 2 rings (SSSR count). The first-order chi connectivity index (χ1) is 9.40. The summed E-state index contributed by atoms with van der Waals surface area (Å²) < 4.78 is 18.4. The number of ether oxygens (including phenoxy) is 1. The molecule has 1 atom stereocenters. The highest BCUT2D eigenvalue weighted by Gasteiger charge is 2.17. The third-order valence-electron chi connectivity index (χ3n) is 2.53. The third-order valence-corrected chi connectivity index (χ3v) is 3.84. The smallest absolute Gasteiger partial charge is 0.319 e. The van der Waals surface area contributed by atoms with E-state index in [-0.39, 0.29) is 21.9 Å². The van der Waals surface area contributed by atoms with Gasteiger partial charge < -0.3 is 10.5 Å². The molecule has 0 radical (unpaired) electrons. The van der Waals surface area contributed by atoms with Gasteiger partial charge in [-0.15, -0.1) is 0 Å². The van der Waals surface area contributed by atoms with E-state index in [9.17, 15) is 4.39 Å². The fourth-order valence-corrected chi connectivity index (χ4v) is 2.19. The van der Waals surface area contributed by atoms with E-state index in [0.717, 1.165) is 6.20 Å². The van der Waals surface area contributed by atoms with Crippen molar-refractivity contribution in [1.29, 1.82) is 0 Å². The Morgan fingerprint density at radius 3 is 2.60 bits per heavy atom. The van der Waals surface area contributed by atoms with Crippen molar-refractivity contribution in [1.82, 2.24) is 9.97 Å². The van der Waals surface area contributed by atoms with Crippen LogP contribution in [0.2, 0.25) is 15.1 Å². The Bertz CT molecular complexity index is 654. The van der Waals surface area contributed by atoms with Crippen LogP contribution >= 0.6 is 34.8 Å². The highest BCUT2D eigenvalue weighted by atomic mass is 35.5. The van der Waals surface area contributed by atoms with Crippen molar-refractivity contribution in [2.45, 2.75) is 13.0 Å². The van der Waals surface area contributed by atoms with E-state index in [1.54, 1.807) is 19.1 Å². The molecule has 0 spiro atoms. The molecular weight excluding hydrogens is 328 g/mol. The molecule has 20 heavy (non-hydrogen) atoms. The summed E-state index contributed by atoms with van der Waals surface area (Å²) in [6.45, 7) is 1.72. The minimum atomic E-state index is -0.711. The number of nitrogens with two attached hydrogens (primary N) is 1. The van der Waals surface area contributed by atoms with Gasteiger partial charge in [-0.2, -0.15) is 4.98 Å². The maximum atomic E-state index is 13.0. The summed E-state index contributed by atoms with van der Waals surface area (Å²) in [5.74, 6) is -1.000. The molecule has 0 saturated carbocycles. The van der Waals surface area contributed by atoms with E-state index in [4.69, 9.17) is 45.3 Å². The average molecular weight is 337 g/mol. The molecular formula is C12H9Cl3FN3O. The van der Waals surface area contributed by atoms with Crippen molar-refractivity contribution in [2.75, 3.05) is 5.73 Å².